The topological polar surface area (TPSA) is 97.5 Å². The molecular formula is C12H11NO5S. The number of hydrogen-bond acceptors (Lipinski definition) is 5. The lowest BCUT2D eigenvalue weighted by Crippen LogP contribution is -1.99. The second-order valence-electron chi connectivity index (χ2n) is 4.03. The van der Waals surface area contributed by atoms with E-state index in [9.17, 15) is 13.2 Å². The Labute approximate surface area is 109 Å². The van der Waals surface area contributed by atoms with Gasteiger partial charge in [0.1, 0.15) is 5.76 Å². The summed E-state index contributed by atoms with van der Waals surface area (Å²) in [5, 5.41) is 8.89. The van der Waals surface area contributed by atoms with E-state index in [4.69, 9.17) is 9.52 Å². The van der Waals surface area contributed by atoms with Crippen LogP contribution in [0.3, 0.4) is 0 Å². The van der Waals surface area contributed by atoms with Crippen LogP contribution in [-0.4, -0.2) is 30.7 Å². The van der Waals surface area contributed by atoms with E-state index in [0.29, 0.717) is 5.56 Å². The van der Waals surface area contributed by atoms with Gasteiger partial charge in [-0.3, -0.25) is 0 Å². The van der Waals surface area contributed by atoms with Gasteiger partial charge in [0.05, 0.1) is 4.90 Å². The van der Waals surface area contributed by atoms with Crippen molar-refractivity contribution in [1.29, 1.82) is 0 Å². The van der Waals surface area contributed by atoms with Crippen LogP contribution < -0.4 is 0 Å². The molecule has 0 aliphatic rings. The minimum Gasteiger partial charge on any atom is -0.476 e. The predicted octanol–water partition coefficient (Wildman–Crippen LogP) is 1.75. The summed E-state index contributed by atoms with van der Waals surface area (Å²) in [6.07, 6.45) is 1.09. The van der Waals surface area contributed by atoms with Crippen LogP contribution >= 0.6 is 0 Å². The molecule has 0 bridgehead atoms. The van der Waals surface area contributed by atoms with Crippen molar-refractivity contribution in [2.75, 3.05) is 6.26 Å². The zero-order chi connectivity index (χ0) is 14.2. The molecular weight excluding hydrogens is 270 g/mol. The van der Waals surface area contributed by atoms with Crippen molar-refractivity contribution in [1.82, 2.24) is 4.98 Å². The molecule has 0 spiro atoms. The van der Waals surface area contributed by atoms with Gasteiger partial charge in [-0.15, -0.1) is 0 Å². The van der Waals surface area contributed by atoms with Crippen LogP contribution in [0.25, 0.3) is 11.5 Å². The lowest BCUT2D eigenvalue weighted by molar-refractivity contribution is 0.0689. The summed E-state index contributed by atoms with van der Waals surface area (Å²) in [4.78, 5) is 14.8. The lowest BCUT2D eigenvalue weighted by atomic mass is 10.2. The van der Waals surface area contributed by atoms with E-state index in [1.165, 1.54) is 19.1 Å². The Morgan fingerprint density at radius 1 is 1.37 bits per heavy atom. The first-order chi connectivity index (χ1) is 8.79. The number of carbonyl (C=O) groups is 1. The Morgan fingerprint density at radius 3 is 2.58 bits per heavy atom. The first-order valence-electron chi connectivity index (χ1n) is 5.30. The summed E-state index contributed by atoms with van der Waals surface area (Å²) >= 11 is 0. The van der Waals surface area contributed by atoms with E-state index in [-0.39, 0.29) is 22.2 Å². The highest BCUT2D eigenvalue weighted by Gasteiger charge is 2.18. The van der Waals surface area contributed by atoms with Gasteiger partial charge in [-0.2, -0.15) is 0 Å². The van der Waals surface area contributed by atoms with Crippen LogP contribution in [0.4, 0.5) is 0 Å². The third kappa shape index (κ3) is 2.65. The van der Waals surface area contributed by atoms with Gasteiger partial charge in [0, 0.05) is 11.8 Å². The van der Waals surface area contributed by atoms with Gasteiger partial charge >= 0.3 is 5.97 Å². The van der Waals surface area contributed by atoms with Gasteiger partial charge < -0.3 is 9.52 Å². The summed E-state index contributed by atoms with van der Waals surface area (Å²) < 4.78 is 28.1. The SMILES string of the molecule is Cc1oc(-c2cccc(S(C)(=O)=O)c2)nc1C(=O)O. The molecule has 0 radical (unpaired) electrons. The zero-order valence-electron chi connectivity index (χ0n) is 10.2. The van der Waals surface area contributed by atoms with E-state index in [2.05, 4.69) is 4.98 Å². The maximum absolute atomic E-state index is 11.5. The Balaban J connectivity index is 2.54. The number of aromatic nitrogens is 1. The smallest absolute Gasteiger partial charge is 0.358 e. The summed E-state index contributed by atoms with van der Waals surface area (Å²) in [6, 6.07) is 6.00. The first kappa shape index (κ1) is 13.3. The second-order valence-corrected chi connectivity index (χ2v) is 6.04. The first-order valence-corrected chi connectivity index (χ1v) is 7.19. The molecule has 6 nitrogen and oxygen atoms in total. The van der Waals surface area contributed by atoms with Crippen molar-refractivity contribution >= 4 is 15.8 Å². The van der Waals surface area contributed by atoms with Crippen LogP contribution in [0.1, 0.15) is 16.2 Å². The molecule has 2 rings (SSSR count). The molecule has 100 valence electrons. The molecule has 2 aromatic rings. The van der Waals surface area contributed by atoms with Gasteiger partial charge in [0.25, 0.3) is 0 Å². The molecule has 1 heterocycles. The molecule has 0 aliphatic heterocycles. The number of hydrogen-bond donors (Lipinski definition) is 1. The fourth-order valence-corrected chi connectivity index (χ4v) is 2.24. The molecule has 1 N–H and O–H groups in total. The van der Waals surface area contributed by atoms with E-state index < -0.39 is 15.8 Å². The van der Waals surface area contributed by atoms with E-state index in [1.807, 2.05) is 0 Å². The summed E-state index contributed by atoms with van der Waals surface area (Å²) in [5.41, 5.74) is 0.235. The molecule has 19 heavy (non-hydrogen) atoms. The minimum atomic E-state index is -3.34. The summed E-state index contributed by atoms with van der Waals surface area (Å²) in [5.74, 6) is -0.931. The van der Waals surface area contributed by atoms with Gasteiger partial charge in [0.2, 0.25) is 5.89 Å². The number of carboxylic acid groups (broad SMARTS) is 1. The number of sulfone groups is 1. The van der Waals surface area contributed by atoms with Crippen LogP contribution in [0.2, 0.25) is 0 Å². The number of oxazole rings is 1. The van der Waals surface area contributed by atoms with Gasteiger partial charge in [-0.1, -0.05) is 6.07 Å². The maximum atomic E-state index is 11.5. The molecule has 0 atom stereocenters. The Morgan fingerprint density at radius 2 is 2.05 bits per heavy atom. The third-order valence-electron chi connectivity index (χ3n) is 2.51. The van der Waals surface area contributed by atoms with E-state index in [0.717, 1.165) is 6.26 Å². The largest absolute Gasteiger partial charge is 0.476 e. The Bertz CT molecular complexity index is 745. The van der Waals surface area contributed by atoms with Crippen LogP contribution in [0.5, 0.6) is 0 Å². The average molecular weight is 281 g/mol. The number of aromatic carboxylic acids is 1. The van der Waals surface area contributed by atoms with Crippen molar-refractivity contribution in [3.8, 4) is 11.5 Å². The highest BCUT2D eigenvalue weighted by Crippen LogP contribution is 2.24. The number of rotatable bonds is 3. The predicted molar refractivity (Wildman–Crippen MR) is 66.7 cm³/mol. The van der Waals surface area contributed by atoms with Crippen molar-refractivity contribution in [3.63, 3.8) is 0 Å². The highest BCUT2D eigenvalue weighted by molar-refractivity contribution is 7.90. The number of carboxylic acids is 1. The van der Waals surface area contributed by atoms with Gasteiger partial charge in [-0.25, -0.2) is 18.2 Å². The standard InChI is InChI=1S/C12H11NO5S/c1-7-10(12(14)15)13-11(18-7)8-4-3-5-9(6-8)19(2,16)17/h3-6H,1-2H3,(H,14,15). The Hall–Kier alpha value is -2.15. The molecule has 0 fully saturated rings. The highest BCUT2D eigenvalue weighted by atomic mass is 32.2. The molecule has 0 aliphatic carbocycles. The van der Waals surface area contributed by atoms with Gasteiger partial charge in [0.15, 0.2) is 15.5 Å². The quantitative estimate of drug-likeness (QED) is 0.920. The number of nitrogens with zero attached hydrogens (tertiary/aromatic N) is 1. The molecule has 1 aromatic heterocycles. The molecule has 0 unspecified atom stereocenters. The van der Waals surface area contributed by atoms with Crippen LogP contribution in [0, 0.1) is 6.92 Å². The zero-order valence-corrected chi connectivity index (χ0v) is 11.1. The number of aryl methyl sites for hydroxylation is 1. The molecule has 7 heteroatoms. The van der Waals surface area contributed by atoms with Crippen molar-refractivity contribution in [2.45, 2.75) is 11.8 Å². The second kappa shape index (κ2) is 4.51. The lowest BCUT2D eigenvalue weighted by Gasteiger charge is -2.00. The monoisotopic (exact) mass is 281 g/mol. The van der Waals surface area contributed by atoms with Crippen LogP contribution in [0.15, 0.2) is 33.6 Å². The molecule has 1 aromatic carbocycles. The number of benzene rings is 1. The van der Waals surface area contributed by atoms with Crippen molar-refractivity contribution in [2.24, 2.45) is 0 Å². The molecule has 0 saturated carbocycles. The van der Waals surface area contributed by atoms with Crippen LogP contribution in [-0.2, 0) is 9.84 Å². The maximum Gasteiger partial charge on any atom is 0.358 e. The molecule has 0 amide bonds. The molecule has 0 saturated heterocycles. The van der Waals surface area contributed by atoms with E-state index in [1.54, 1.807) is 12.1 Å². The summed E-state index contributed by atoms with van der Waals surface area (Å²) in [7, 11) is -3.34. The fourth-order valence-electron chi connectivity index (χ4n) is 1.58. The Kier molecular flexibility index (Phi) is 3.15. The average Bonchev–Trinajstić information content (AvgIpc) is 2.70. The fraction of sp³-hybridized carbons (Fsp3) is 0.167. The minimum absolute atomic E-state index is 0.0837. The van der Waals surface area contributed by atoms with E-state index >= 15 is 0 Å². The normalized spacial score (nSPS) is 11.5. The van der Waals surface area contributed by atoms with Crippen molar-refractivity contribution in [3.05, 3.63) is 35.7 Å². The summed E-state index contributed by atoms with van der Waals surface area (Å²) in [6.45, 7) is 1.49. The van der Waals surface area contributed by atoms with Gasteiger partial charge in [-0.05, 0) is 25.1 Å². The third-order valence-corrected chi connectivity index (χ3v) is 3.62. The van der Waals surface area contributed by atoms with Crippen molar-refractivity contribution < 1.29 is 22.7 Å².